The number of hydrogen-bond acceptors (Lipinski definition) is 2. The van der Waals surface area contributed by atoms with Gasteiger partial charge in [-0.2, -0.15) is 5.10 Å². The van der Waals surface area contributed by atoms with Gasteiger partial charge < -0.3 is 0 Å². The number of benzene rings is 1. The Balaban J connectivity index is 2.47. The Morgan fingerprint density at radius 3 is 2.45 bits per heavy atom. The molecule has 0 N–H and O–H groups in total. The van der Waals surface area contributed by atoms with Gasteiger partial charge >= 0.3 is 0 Å². The van der Waals surface area contributed by atoms with Crippen LogP contribution in [0.5, 0.6) is 0 Å². The van der Waals surface area contributed by atoms with E-state index in [2.05, 4.69) is 11.2 Å². The van der Waals surface area contributed by atoms with Gasteiger partial charge in [0.15, 0.2) is 0 Å². The minimum Gasteiger partial charge on any atom is -0.268 e. The molecule has 2 rings (SSSR count). The monoisotopic (exact) mass is 309 g/mol. The summed E-state index contributed by atoms with van der Waals surface area (Å²) in [5.41, 5.74) is 2.24. The van der Waals surface area contributed by atoms with Gasteiger partial charge in [-0.1, -0.05) is 37.0 Å². The molecule has 0 aliphatic rings. The van der Waals surface area contributed by atoms with Crippen LogP contribution in [0.15, 0.2) is 23.0 Å². The highest BCUT2D eigenvalue weighted by Gasteiger charge is 2.12. The lowest BCUT2D eigenvalue weighted by molar-refractivity contribution is 0.658. The van der Waals surface area contributed by atoms with Gasteiger partial charge in [-0.25, -0.2) is 4.68 Å². The summed E-state index contributed by atoms with van der Waals surface area (Å²) in [4.78, 5) is 12.0. The first-order valence-corrected chi connectivity index (χ1v) is 7.06. The van der Waals surface area contributed by atoms with Gasteiger partial charge in [-0.15, -0.1) is 0 Å². The molecule has 2 aromatic rings. The molecule has 1 heterocycles. The fourth-order valence-corrected chi connectivity index (χ4v) is 2.53. The first kappa shape index (κ1) is 15.1. The molecule has 0 saturated carbocycles. The number of halogens is 2. The van der Waals surface area contributed by atoms with Crippen molar-refractivity contribution in [3.05, 3.63) is 61.5 Å². The predicted octanol–water partition coefficient (Wildman–Crippen LogP) is 3.60. The lowest BCUT2D eigenvalue weighted by atomic mass is 10.0. The van der Waals surface area contributed by atoms with Gasteiger partial charge in [0, 0.05) is 29.1 Å². The van der Waals surface area contributed by atoms with Crippen molar-refractivity contribution in [3.63, 3.8) is 0 Å². The molecule has 0 fully saturated rings. The molecule has 0 saturated heterocycles. The van der Waals surface area contributed by atoms with Gasteiger partial charge in [0.25, 0.3) is 5.56 Å². The van der Waals surface area contributed by atoms with Crippen LogP contribution in [0.1, 0.15) is 36.6 Å². The summed E-state index contributed by atoms with van der Waals surface area (Å²) < 4.78 is 1.36. The highest BCUT2D eigenvalue weighted by molar-refractivity contribution is 6.36. The van der Waals surface area contributed by atoms with Gasteiger partial charge in [0.2, 0.25) is 0 Å². The summed E-state index contributed by atoms with van der Waals surface area (Å²) >= 11 is 12.3. The minimum absolute atomic E-state index is 0.0673. The molecule has 0 aliphatic carbocycles. The van der Waals surface area contributed by atoms with Gasteiger partial charge in [-0.3, -0.25) is 4.79 Å². The normalized spacial score (nSPS) is 11.1. The van der Waals surface area contributed by atoms with E-state index in [1.807, 2.05) is 19.9 Å². The molecule has 3 nitrogen and oxygen atoms in total. The minimum atomic E-state index is -0.0673. The molecule has 0 unspecified atom stereocenters. The number of hydrogen-bond donors (Lipinski definition) is 0. The zero-order chi connectivity index (χ0) is 14.9. The highest BCUT2D eigenvalue weighted by atomic mass is 35.5. The summed E-state index contributed by atoms with van der Waals surface area (Å²) in [6.45, 7) is 3.97. The second kappa shape index (κ2) is 5.98. The Kier molecular flexibility index (Phi) is 4.51. The lowest BCUT2D eigenvalue weighted by Gasteiger charge is -2.11. The Hall–Kier alpha value is -1.32. The van der Waals surface area contributed by atoms with E-state index < -0.39 is 0 Å². The van der Waals surface area contributed by atoms with Crippen molar-refractivity contribution < 1.29 is 0 Å². The third kappa shape index (κ3) is 3.05. The molecule has 0 aliphatic heterocycles. The molecule has 0 amide bonds. The number of nitrogens with zero attached hydrogens (tertiary/aromatic N) is 2. The topological polar surface area (TPSA) is 34.9 Å². The van der Waals surface area contributed by atoms with Crippen LogP contribution < -0.4 is 5.56 Å². The van der Waals surface area contributed by atoms with E-state index in [9.17, 15) is 4.79 Å². The van der Waals surface area contributed by atoms with Crippen LogP contribution in [0, 0.1) is 6.07 Å². The number of aryl methyl sites for hydroxylation is 1. The van der Waals surface area contributed by atoms with Gasteiger partial charge in [0.1, 0.15) is 0 Å². The highest BCUT2D eigenvalue weighted by Crippen LogP contribution is 2.26. The maximum Gasteiger partial charge on any atom is 0.269 e. The average Bonchev–Trinajstić information content (AvgIpc) is 2.37. The molecule has 20 heavy (non-hydrogen) atoms. The predicted molar refractivity (Wildman–Crippen MR) is 81.7 cm³/mol. The van der Waals surface area contributed by atoms with E-state index in [-0.39, 0.29) is 11.5 Å². The molecular formula is C15H15Cl2N2O. The number of rotatable bonds is 3. The van der Waals surface area contributed by atoms with E-state index in [1.165, 1.54) is 4.68 Å². The van der Waals surface area contributed by atoms with Crippen LogP contribution in [0.4, 0.5) is 0 Å². The SMILES string of the molecule is CC(C)c1cc(Cc2c(Cl)c[c]cc2Cl)nn(C)c1=O. The van der Waals surface area contributed by atoms with E-state index in [0.717, 1.165) is 16.8 Å². The first-order valence-electron chi connectivity index (χ1n) is 6.31. The maximum atomic E-state index is 12.0. The second-order valence-corrected chi connectivity index (χ2v) is 5.80. The van der Waals surface area contributed by atoms with E-state index in [1.54, 1.807) is 19.2 Å². The fraction of sp³-hybridized carbons (Fsp3) is 0.333. The van der Waals surface area contributed by atoms with E-state index in [4.69, 9.17) is 23.2 Å². The van der Waals surface area contributed by atoms with Crippen molar-refractivity contribution >= 4 is 23.2 Å². The third-order valence-corrected chi connectivity index (χ3v) is 3.79. The van der Waals surface area contributed by atoms with Crippen LogP contribution in [0.3, 0.4) is 0 Å². The summed E-state index contributed by atoms with van der Waals surface area (Å²) in [6.07, 6.45) is 0.486. The summed E-state index contributed by atoms with van der Waals surface area (Å²) in [7, 11) is 1.65. The molecule has 0 spiro atoms. The van der Waals surface area contributed by atoms with Gasteiger partial charge in [0.05, 0.1) is 5.69 Å². The van der Waals surface area contributed by atoms with Crippen molar-refractivity contribution in [2.45, 2.75) is 26.2 Å². The molecule has 1 aromatic carbocycles. The third-order valence-electron chi connectivity index (χ3n) is 3.12. The fourth-order valence-electron chi connectivity index (χ4n) is 2.02. The largest absolute Gasteiger partial charge is 0.269 e. The quantitative estimate of drug-likeness (QED) is 0.868. The van der Waals surface area contributed by atoms with Crippen LogP contribution in [0.2, 0.25) is 10.0 Å². The van der Waals surface area contributed by atoms with Crippen LogP contribution in [-0.4, -0.2) is 9.78 Å². The van der Waals surface area contributed by atoms with Crippen molar-refractivity contribution in [2.24, 2.45) is 7.05 Å². The molecule has 5 heteroatoms. The second-order valence-electron chi connectivity index (χ2n) is 4.98. The summed E-state index contributed by atoms with van der Waals surface area (Å²) in [5.74, 6) is 0.144. The molecule has 1 aromatic heterocycles. The molecule has 0 atom stereocenters. The number of aromatic nitrogens is 2. The van der Waals surface area contributed by atoms with E-state index in [0.29, 0.717) is 16.5 Å². The smallest absolute Gasteiger partial charge is 0.268 e. The van der Waals surface area contributed by atoms with Crippen LogP contribution >= 0.6 is 23.2 Å². The Bertz CT molecular complexity index is 673. The van der Waals surface area contributed by atoms with Crippen molar-refractivity contribution in [1.29, 1.82) is 0 Å². The van der Waals surface area contributed by atoms with Crippen LogP contribution in [0.25, 0.3) is 0 Å². The maximum absolute atomic E-state index is 12.0. The zero-order valence-electron chi connectivity index (χ0n) is 11.6. The molecule has 105 valence electrons. The average molecular weight is 310 g/mol. The zero-order valence-corrected chi connectivity index (χ0v) is 13.1. The Morgan fingerprint density at radius 2 is 1.90 bits per heavy atom. The van der Waals surface area contributed by atoms with Gasteiger partial charge in [-0.05, 0) is 35.7 Å². The van der Waals surface area contributed by atoms with E-state index >= 15 is 0 Å². The van der Waals surface area contributed by atoms with Crippen molar-refractivity contribution in [2.75, 3.05) is 0 Å². The van der Waals surface area contributed by atoms with Crippen molar-refractivity contribution in [1.82, 2.24) is 9.78 Å². The molecule has 0 bridgehead atoms. The molecule has 1 radical (unpaired) electrons. The van der Waals surface area contributed by atoms with Crippen molar-refractivity contribution in [3.8, 4) is 0 Å². The molecular weight excluding hydrogens is 295 g/mol. The summed E-state index contributed by atoms with van der Waals surface area (Å²) in [6, 6.07) is 8.04. The first-order chi connectivity index (χ1) is 9.40. The Morgan fingerprint density at radius 1 is 1.30 bits per heavy atom. The Labute approximate surface area is 128 Å². The summed E-state index contributed by atoms with van der Waals surface area (Å²) in [5, 5.41) is 5.38. The lowest BCUT2D eigenvalue weighted by Crippen LogP contribution is -2.25. The standard InChI is InChI=1S/C15H15Cl2N2O/c1-9(2)11-7-10(18-19(3)15(11)20)8-12-13(16)5-4-6-14(12)17/h5-7,9H,8H2,1-3H3. The van der Waals surface area contributed by atoms with Crippen LogP contribution in [-0.2, 0) is 13.5 Å².